The fraction of sp³-hybridized carbons (Fsp3) is 0.571. The van der Waals surface area contributed by atoms with Crippen LogP contribution in [0.5, 0.6) is 5.75 Å². The first kappa shape index (κ1) is 13.8. The zero-order valence-corrected chi connectivity index (χ0v) is 12.3. The molecule has 0 aromatic heterocycles. The van der Waals surface area contributed by atoms with Crippen molar-refractivity contribution in [2.75, 3.05) is 7.11 Å². The van der Waals surface area contributed by atoms with Crippen LogP contribution in [0.3, 0.4) is 0 Å². The molecule has 0 spiro atoms. The normalized spacial score (nSPS) is 23.9. The number of benzene rings is 1. The molecule has 0 unspecified atom stereocenters. The highest BCUT2D eigenvalue weighted by atomic mass is 79.9. The lowest BCUT2D eigenvalue weighted by molar-refractivity contribution is 0.0135. The largest absolute Gasteiger partial charge is 0.497 e. The van der Waals surface area contributed by atoms with Crippen LogP contribution in [0.2, 0.25) is 0 Å². The minimum absolute atomic E-state index is 0.350. The number of hydrogen-bond donors (Lipinski definition) is 1. The van der Waals surface area contributed by atoms with Crippen LogP contribution >= 0.6 is 15.9 Å². The third-order valence-electron chi connectivity index (χ3n) is 3.45. The summed E-state index contributed by atoms with van der Waals surface area (Å²) in [4.78, 5) is 0. The Morgan fingerprint density at radius 2 is 2.00 bits per heavy atom. The Bertz CT molecular complexity index is 389. The van der Waals surface area contributed by atoms with Gasteiger partial charge in [0.15, 0.2) is 0 Å². The molecule has 0 radical (unpaired) electrons. The van der Waals surface area contributed by atoms with Crippen molar-refractivity contribution in [1.82, 2.24) is 0 Å². The first-order valence-electron chi connectivity index (χ1n) is 6.38. The highest BCUT2D eigenvalue weighted by Crippen LogP contribution is 2.26. The van der Waals surface area contributed by atoms with Crippen LogP contribution in [-0.2, 0) is 11.3 Å². The van der Waals surface area contributed by atoms with Gasteiger partial charge in [-0.3, -0.25) is 0 Å². The van der Waals surface area contributed by atoms with E-state index in [4.69, 9.17) is 15.2 Å². The van der Waals surface area contributed by atoms with Gasteiger partial charge in [0, 0.05) is 10.5 Å². The lowest BCUT2D eigenvalue weighted by Gasteiger charge is -2.26. The molecule has 1 aromatic rings. The second-order valence-corrected chi connectivity index (χ2v) is 5.66. The van der Waals surface area contributed by atoms with E-state index in [-0.39, 0.29) is 0 Å². The Balaban J connectivity index is 1.89. The highest BCUT2D eigenvalue weighted by Gasteiger charge is 2.19. The van der Waals surface area contributed by atoms with Gasteiger partial charge in [-0.1, -0.05) is 15.9 Å². The zero-order valence-electron chi connectivity index (χ0n) is 10.7. The molecular weight excluding hydrogens is 294 g/mol. The summed E-state index contributed by atoms with van der Waals surface area (Å²) in [5.74, 6) is 0.863. The summed E-state index contributed by atoms with van der Waals surface area (Å²) in [6.07, 6.45) is 4.64. The molecule has 0 atom stereocenters. The first-order chi connectivity index (χ1) is 8.69. The molecule has 0 saturated heterocycles. The van der Waals surface area contributed by atoms with Crippen molar-refractivity contribution in [2.45, 2.75) is 44.4 Å². The molecule has 0 bridgehead atoms. The smallest absolute Gasteiger partial charge is 0.119 e. The summed E-state index contributed by atoms with van der Waals surface area (Å²) in [5, 5.41) is 0. The Morgan fingerprint density at radius 3 is 2.67 bits per heavy atom. The summed E-state index contributed by atoms with van der Waals surface area (Å²) in [5.41, 5.74) is 7.02. The van der Waals surface area contributed by atoms with Crippen LogP contribution < -0.4 is 10.5 Å². The monoisotopic (exact) mass is 313 g/mol. The summed E-state index contributed by atoms with van der Waals surface area (Å²) in [6.45, 7) is 0.623. The fourth-order valence-electron chi connectivity index (χ4n) is 2.25. The van der Waals surface area contributed by atoms with Gasteiger partial charge in [0.25, 0.3) is 0 Å². The van der Waals surface area contributed by atoms with E-state index in [0.29, 0.717) is 18.8 Å². The van der Waals surface area contributed by atoms with E-state index >= 15 is 0 Å². The molecule has 4 heteroatoms. The Labute approximate surface area is 117 Å². The molecule has 1 aromatic carbocycles. The molecular formula is C14H20BrNO2. The van der Waals surface area contributed by atoms with Gasteiger partial charge in [0.1, 0.15) is 5.75 Å². The number of nitrogens with two attached hydrogens (primary N) is 1. The summed E-state index contributed by atoms with van der Waals surface area (Å²) >= 11 is 3.54. The van der Waals surface area contributed by atoms with Gasteiger partial charge in [0.2, 0.25) is 0 Å². The van der Waals surface area contributed by atoms with E-state index < -0.39 is 0 Å². The third-order valence-corrected chi connectivity index (χ3v) is 4.22. The molecule has 1 aliphatic carbocycles. The van der Waals surface area contributed by atoms with Crippen molar-refractivity contribution < 1.29 is 9.47 Å². The van der Waals surface area contributed by atoms with Crippen molar-refractivity contribution in [3.05, 3.63) is 28.2 Å². The van der Waals surface area contributed by atoms with Crippen LogP contribution in [0, 0.1) is 0 Å². The molecule has 0 aliphatic heterocycles. The van der Waals surface area contributed by atoms with E-state index in [9.17, 15) is 0 Å². The van der Waals surface area contributed by atoms with Crippen molar-refractivity contribution in [2.24, 2.45) is 5.73 Å². The van der Waals surface area contributed by atoms with E-state index in [2.05, 4.69) is 15.9 Å². The predicted octanol–water partition coefficient (Wildman–Crippen LogP) is 3.24. The number of ether oxygens (including phenoxy) is 2. The minimum atomic E-state index is 0.350. The molecule has 18 heavy (non-hydrogen) atoms. The van der Waals surface area contributed by atoms with Crippen molar-refractivity contribution in [3.63, 3.8) is 0 Å². The zero-order chi connectivity index (χ0) is 13.0. The van der Waals surface area contributed by atoms with Gasteiger partial charge in [0.05, 0.1) is 19.8 Å². The van der Waals surface area contributed by atoms with Gasteiger partial charge >= 0.3 is 0 Å². The van der Waals surface area contributed by atoms with Crippen molar-refractivity contribution in [3.8, 4) is 5.75 Å². The van der Waals surface area contributed by atoms with Crippen molar-refractivity contribution >= 4 is 15.9 Å². The molecule has 1 aliphatic rings. The van der Waals surface area contributed by atoms with E-state index in [0.717, 1.165) is 41.5 Å². The molecule has 2 N–H and O–H groups in total. The second kappa shape index (κ2) is 6.55. The van der Waals surface area contributed by atoms with Gasteiger partial charge in [-0.15, -0.1) is 0 Å². The van der Waals surface area contributed by atoms with Gasteiger partial charge in [-0.2, -0.15) is 0 Å². The Morgan fingerprint density at radius 1 is 1.28 bits per heavy atom. The average molecular weight is 314 g/mol. The predicted molar refractivity (Wildman–Crippen MR) is 75.7 cm³/mol. The molecule has 0 heterocycles. The fourth-order valence-corrected chi connectivity index (χ4v) is 2.61. The lowest BCUT2D eigenvalue weighted by Crippen LogP contribution is -2.30. The van der Waals surface area contributed by atoms with Crippen LogP contribution in [0.15, 0.2) is 22.7 Å². The quantitative estimate of drug-likeness (QED) is 0.928. The van der Waals surface area contributed by atoms with E-state index in [1.54, 1.807) is 7.11 Å². The SMILES string of the molecule is COc1ccc(Br)c(COC2CCC(N)CC2)c1. The van der Waals surface area contributed by atoms with Gasteiger partial charge in [-0.05, 0) is 49.4 Å². The molecule has 1 fully saturated rings. The second-order valence-electron chi connectivity index (χ2n) is 4.81. The first-order valence-corrected chi connectivity index (χ1v) is 7.18. The summed E-state index contributed by atoms with van der Waals surface area (Å²) < 4.78 is 12.2. The standard InChI is InChI=1S/C14H20BrNO2/c1-17-13-6-7-14(15)10(8-13)9-18-12-4-2-11(16)3-5-12/h6-8,11-12H,2-5,9,16H2,1H3. The van der Waals surface area contributed by atoms with Crippen LogP contribution in [-0.4, -0.2) is 19.3 Å². The number of rotatable bonds is 4. The maximum absolute atomic E-state index is 5.96. The van der Waals surface area contributed by atoms with Gasteiger partial charge < -0.3 is 15.2 Å². The minimum Gasteiger partial charge on any atom is -0.497 e. The summed E-state index contributed by atoms with van der Waals surface area (Å²) in [6, 6.07) is 6.31. The van der Waals surface area contributed by atoms with E-state index in [1.165, 1.54) is 0 Å². The maximum Gasteiger partial charge on any atom is 0.119 e. The number of halogens is 1. The number of hydrogen-bond acceptors (Lipinski definition) is 3. The van der Waals surface area contributed by atoms with Crippen molar-refractivity contribution in [1.29, 1.82) is 0 Å². The molecule has 1 saturated carbocycles. The number of methoxy groups -OCH3 is 1. The Kier molecular flexibility index (Phi) is 5.03. The topological polar surface area (TPSA) is 44.5 Å². The maximum atomic E-state index is 5.96. The van der Waals surface area contributed by atoms with Gasteiger partial charge in [-0.25, -0.2) is 0 Å². The van der Waals surface area contributed by atoms with Crippen LogP contribution in [0.1, 0.15) is 31.2 Å². The highest BCUT2D eigenvalue weighted by molar-refractivity contribution is 9.10. The lowest BCUT2D eigenvalue weighted by atomic mass is 9.94. The molecule has 0 amide bonds. The molecule has 100 valence electrons. The Hall–Kier alpha value is -0.580. The third kappa shape index (κ3) is 3.70. The summed E-state index contributed by atoms with van der Waals surface area (Å²) in [7, 11) is 1.68. The average Bonchev–Trinajstić information content (AvgIpc) is 2.40. The van der Waals surface area contributed by atoms with Crippen LogP contribution in [0.4, 0.5) is 0 Å². The van der Waals surface area contributed by atoms with E-state index in [1.807, 2.05) is 18.2 Å². The molecule has 2 rings (SSSR count). The molecule has 3 nitrogen and oxygen atoms in total. The van der Waals surface area contributed by atoms with Crippen LogP contribution in [0.25, 0.3) is 0 Å².